The van der Waals surface area contributed by atoms with Gasteiger partial charge in [0.2, 0.25) is 0 Å². The summed E-state index contributed by atoms with van der Waals surface area (Å²) < 4.78 is 11.1. The molecule has 2 aromatic rings. The van der Waals surface area contributed by atoms with Gasteiger partial charge in [-0.05, 0) is 30.2 Å². The van der Waals surface area contributed by atoms with Gasteiger partial charge in [0.1, 0.15) is 5.75 Å². The Kier molecular flexibility index (Phi) is 7.10. The van der Waals surface area contributed by atoms with Crippen LogP contribution in [0, 0.1) is 0 Å². The van der Waals surface area contributed by atoms with E-state index in [4.69, 9.17) is 21.1 Å². The van der Waals surface area contributed by atoms with Crippen molar-refractivity contribution in [1.29, 1.82) is 0 Å². The lowest BCUT2D eigenvalue weighted by atomic mass is 10.1. The Morgan fingerprint density at radius 1 is 1.30 bits per heavy atom. The average molecular weight is 389 g/mol. The van der Waals surface area contributed by atoms with Crippen molar-refractivity contribution < 1.29 is 14.3 Å². The second-order valence-corrected chi connectivity index (χ2v) is 6.96. The Labute approximate surface area is 165 Å². The van der Waals surface area contributed by atoms with Gasteiger partial charge in [0.25, 0.3) is 5.91 Å². The molecule has 1 saturated heterocycles. The van der Waals surface area contributed by atoms with E-state index in [0.717, 1.165) is 32.7 Å². The summed E-state index contributed by atoms with van der Waals surface area (Å²) >= 11 is 5.99. The van der Waals surface area contributed by atoms with Gasteiger partial charge in [-0.25, -0.2) is 0 Å². The van der Waals surface area contributed by atoms with Crippen LogP contribution < -0.4 is 10.1 Å². The summed E-state index contributed by atoms with van der Waals surface area (Å²) in [5, 5.41) is 3.46. The summed E-state index contributed by atoms with van der Waals surface area (Å²) in [6.07, 6.45) is 0.987. The van der Waals surface area contributed by atoms with Gasteiger partial charge in [-0.15, -0.1) is 0 Å². The van der Waals surface area contributed by atoms with Crippen molar-refractivity contribution in [2.24, 2.45) is 0 Å². The van der Waals surface area contributed by atoms with Crippen LogP contribution in [-0.2, 0) is 4.74 Å². The second-order valence-electron chi connectivity index (χ2n) is 6.52. The van der Waals surface area contributed by atoms with E-state index in [0.29, 0.717) is 22.9 Å². The highest BCUT2D eigenvalue weighted by atomic mass is 35.5. The number of nitrogens with zero attached hydrogens (tertiary/aromatic N) is 1. The lowest BCUT2D eigenvalue weighted by Gasteiger charge is -2.33. The zero-order valence-corrected chi connectivity index (χ0v) is 16.2. The number of rotatable bonds is 7. The molecule has 0 aliphatic carbocycles. The number of ether oxygens (including phenoxy) is 2. The first-order valence-corrected chi connectivity index (χ1v) is 9.56. The van der Waals surface area contributed by atoms with Crippen molar-refractivity contribution in [2.75, 3.05) is 39.9 Å². The van der Waals surface area contributed by atoms with E-state index in [2.05, 4.69) is 22.3 Å². The minimum absolute atomic E-state index is 0.116. The molecule has 2 aromatic carbocycles. The van der Waals surface area contributed by atoms with E-state index >= 15 is 0 Å². The number of benzene rings is 2. The maximum atomic E-state index is 12.4. The number of hydrogen-bond donors (Lipinski definition) is 1. The van der Waals surface area contributed by atoms with Crippen molar-refractivity contribution in [3.63, 3.8) is 0 Å². The van der Waals surface area contributed by atoms with Crippen LogP contribution in [0.2, 0.25) is 5.02 Å². The third-order valence-corrected chi connectivity index (χ3v) is 4.90. The van der Waals surface area contributed by atoms with Crippen molar-refractivity contribution in [2.45, 2.75) is 12.5 Å². The smallest absolute Gasteiger partial charge is 0.255 e. The van der Waals surface area contributed by atoms with Crippen molar-refractivity contribution >= 4 is 17.5 Å². The molecular weight excluding hydrogens is 364 g/mol. The fourth-order valence-corrected chi connectivity index (χ4v) is 3.40. The fraction of sp³-hybridized carbons (Fsp3) is 0.381. The third-order valence-electron chi connectivity index (χ3n) is 4.66. The minimum Gasteiger partial charge on any atom is -0.496 e. The predicted octanol–water partition coefficient (Wildman–Crippen LogP) is 3.54. The maximum absolute atomic E-state index is 12.4. The molecule has 5 nitrogen and oxygen atoms in total. The standard InChI is InChI=1S/C21H25ClN2O3/c1-26-19-9-8-17(22)14-18(19)21(25)23-10-5-11-24-12-13-27-20(15-24)16-6-3-2-4-7-16/h2-4,6-9,14,20H,5,10-13,15H2,1H3,(H,23,25). The molecule has 1 unspecified atom stereocenters. The largest absolute Gasteiger partial charge is 0.496 e. The van der Waals surface area contributed by atoms with E-state index in [1.165, 1.54) is 5.56 Å². The van der Waals surface area contributed by atoms with Crippen LogP contribution in [0.25, 0.3) is 0 Å². The van der Waals surface area contributed by atoms with Gasteiger partial charge in [-0.2, -0.15) is 0 Å². The molecule has 1 N–H and O–H groups in total. The topological polar surface area (TPSA) is 50.8 Å². The molecule has 6 heteroatoms. The molecule has 1 aliphatic rings. The van der Waals surface area contributed by atoms with E-state index in [9.17, 15) is 4.79 Å². The molecule has 0 aromatic heterocycles. The lowest BCUT2D eigenvalue weighted by Crippen LogP contribution is -2.39. The molecule has 27 heavy (non-hydrogen) atoms. The number of morpholine rings is 1. The second kappa shape index (κ2) is 9.74. The minimum atomic E-state index is -0.168. The molecule has 0 spiro atoms. The first-order chi connectivity index (χ1) is 13.2. The van der Waals surface area contributed by atoms with Crippen LogP contribution in [0.5, 0.6) is 5.75 Å². The molecule has 0 radical (unpaired) electrons. The van der Waals surface area contributed by atoms with Crippen LogP contribution >= 0.6 is 11.6 Å². The van der Waals surface area contributed by atoms with Gasteiger partial charge in [-0.3, -0.25) is 9.69 Å². The number of methoxy groups -OCH3 is 1. The van der Waals surface area contributed by atoms with Gasteiger partial charge >= 0.3 is 0 Å². The first kappa shape index (κ1) is 19.7. The van der Waals surface area contributed by atoms with Crippen LogP contribution in [0.4, 0.5) is 0 Å². The molecule has 1 fully saturated rings. The summed E-state index contributed by atoms with van der Waals surface area (Å²) in [6.45, 7) is 4.03. The van der Waals surface area contributed by atoms with E-state index in [1.54, 1.807) is 25.3 Å². The fourth-order valence-electron chi connectivity index (χ4n) is 3.23. The van der Waals surface area contributed by atoms with Gasteiger partial charge in [0.05, 0.1) is 25.4 Å². The van der Waals surface area contributed by atoms with Gasteiger partial charge in [-0.1, -0.05) is 41.9 Å². The first-order valence-electron chi connectivity index (χ1n) is 9.18. The van der Waals surface area contributed by atoms with Crippen molar-refractivity contribution in [3.05, 3.63) is 64.7 Å². The summed E-state index contributed by atoms with van der Waals surface area (Å²) in [7, 11) is 1.54. The highest BCUT2D eigenvalue weighted by Gasteiger charge is 2.21. The lowest BCUT2D eigenvalue weighted by molar-refractivity contribution is -0.0301. The molecule has 0 bridgehead atoms. The van der Waals surface area contributed by atoms with Gasteiger partial charge in [0.15, 0.2) is 0 Å². The number of carbonyl (C=O) groups excluding carboxylic acids is 1. The molecular formula is C21H25ClN2O3. The zero-order chi connectivity index (χ0) is 19.1. The average Bonchev–Trinajstić information content (AvgIpc) is 2.72. The highest BCUT2D eigenvalue weighted by molar-refractivity contribution is 6.31. The number of carbonyl (C=O) groups is 1. The molecule has 144 valence electrons. The molecule has 0 saturated carbocycles. The van der Waals surface area contributed by atoms with E-state index in [1.807, 2.05) is 18.2 Å². The Morgan fingerprint density at radius 3 is 2.89 bits per heavy atom. The summed E-state index contributed by atoms with van der Waals surface area (Å²) in [5.74, 6) is 0.356. The number of nitrogens with one attached hydrogen (secondary N) is 1. The Hall–Kier alpha value is -2.08. The monoisotopic (exact) mass is 388 g/mol. The number of amides is 1. The highest BCUT2D eigenvalue weighted by Crippen LogP contribution is 2.23. The number of hydrogen-bond acceptors (Lipinski definition) is 4. The predicted molar refractivity (Wildman–Crippen MR) is 107 cm³/mol. The summed E-state index contributed by atoms with van der Waals surface area (Å²) in [6, 6.07) is 15.3. The molecule has 1 aliphatic heterocycles. The molecule has 1 heterocycles. The summed E-state index contributed by atoms with van der Waals surface area (Å²) in [5.41, 5.74) is 1.67. The molecule has 1 amide bonds. The summed E-state index contributed by atoms with van der Waals surface area (Å²) in [4.78, 5) is 14.8. The van der Waals surface area contributed by atoms with Gasteiger partial charge < -0.3 is 14.8 Å². The van der Waals surface area contributed by atoms with Crippen molar-refractivity contribution in [1.82, 2.24) is 10.2 Å². The van der Waals surface area contributed by atoms with Crippen LogP contribution in [0.3, 0.4) is 0 Å². The van der Waals surface area contributed by atoms with Crippen molar-refractivity contribution in [3.8, 4) is 5.75 Å². The zero-order valence-electron chi connectivity index (χ0n) is 15.5. The third kappa shape index (κ3) is 5.45. The number of halogens is 1. The van der Waals surface area contributed by atoms with Crippen LogP contribution in [-0.4, -0.2) is 50.7 Å². The Morgan fingerprint density at radius 2 is 2.11 bits per heavy atom. The normalized spacial score (nSPS) is 17.5. The maximum Gasteiger partial charge on any atom is 0.255 e. The SMILES string of the molecule is COc1ccc(Cl)cc1C(=O)NCCCN1CCOC(c2ccccc2)C1. The molecule has 1 atom stereocenters. The quantitative estimate of drug-likeness (QED) is 0.737. The Bertz CT molecular complexity index is 754. The van der Waals surface area contributed by atoms with Crippen LogP contribution in [0.1, 0.15) is 28.4 Å². The van der Waals surface area contributed by atoms with E-state index in [-0.39, 0.29) is 12.0 Å². The molecule has 3 rings (SSSR count). The Balaban J connectivity index is 1.45. The van der Waals surface area contributed by atoms with E-state index < -0.39 is 0 Å². The van der Waals surface area contributed by atoms with Gasteiger partial charge in [0, 0.05) is 31.2 Å². The van der Waals surface area contributed by atoms with Crippen LogP contribution in [0.15, 0.2) is 48.5 Å².